The van der Waals surface area contributed by atoms with Gasteiger partial charge in [0.1, 0.15) is 6.04 Å². The summed E-state index contributed by atoms with van der Waals surface area (Å²) in [6.45, 7) is 9.28. The maximum atomic E-state index is 12.5. The number of nitrogens with zero attached hydrogens (tertiary/aromatic N) is 2. The van der Waals surface area contributed by atoms with Crippen LogP contribution in [0.1, 0.15) is 31.9 Å². The first-order valence-electron chi connectivity index (χ1n) is 7.97. The molecule has 132 valence electrons. The highest BCUT2D eigenvalue weighted by molar-refractivity contribution is 5.85. The van der Waals surface area contributed by atoms with Gasteiger partial charge < -0.3 is 15.5 Å². The van der Waals surface area contributed by atoms with E-state index in [0.717, 1.165) is 44.7 Å². The van der Waals surface area contributed by atoms with Crippen LogP contribution >= 0.6 is 24.8 Å². The van der Waals surface area contributed by atoms with Gasteiger partial charge in [-0.1, -0.05) is 44.2 Å². The smallest absolute Gasteiger partial charge is 0.244 e. The van der Waals surface area contributed by atoms with E-state index in [4.69, 9.17) is 5.73 Å². The highest BCUT2D eigenvalue weighted by Gasteiger charge is 2.30. The van der Waals surface area contributed by atoms with Gasteiger partial charge in [-0.15, -0.1) is 24.8 Å². The van der Waals surface area contributed by atoms with Crippen molar-refractivity contribution in [1.82, 2.24) is 9.80 Å². The fourth-order valence-corrected chi connectivity index (χ4v) is 3.03. The Kier molecular flexibility index (Phi) is 10.5. The third kappa shape index (κ3) is 5.96. The van der Waals surface area contributed by atoms with Crippen LogP contribution in [0.5, 0.6) is 0 Å². The van der Waals surface area contributed by atoms with Crippen LogP contribution in [0, 0.1) is 5.92 Å². The van der Waals surface area contributed by atoms with Gasteiger partial charge in [0.2, 0.25) is 5.91 Å². The number of halogens is 2. The summed E-state index contributed by atoms with van der Waals surface area (Å²) in [5.41, 5.74) is 7.01. The normalized spacial score (nSPS) is 18.3. The molecule has 0 spiro atoms. The highest BCUT2D eigenvalue weighted by Crippen LogP contribution is 2.21. The molecule has 6 heteroatoms. The Morgan fingerprint density at radius 2 is 1.87 bits per heavy atom. The van der Waals surface area contributed by atoms with Crippen LogP contribution in [0.3, 0.4) is 0 Å². The van der Waals surface area contributed by atoms with Crippen molar-refractivity contribution in [3.8, 4) is 0 Å². The molecule has 1 aromatic rings. The summed E-state index contributed by atoms with van der Waals surface area (Å²) in [7, 11) is 0. The van der Waals surface area contributed by atoms with Crippen LogP contribution in [0.4, 0.5) is 0 Å². The van der Waals surface area contributed by atoms with E-state index in [1.165, 1.54) is 0 Å². The van der Waals surface area contributed by atoms with Crippen molar-refractivity contribution in [2.24, 2.45) is 11.7 Å². The van der Waals surface area contributed by atoms with Crippen LogP contribution in [-0.2, 0) is 4.79 Å². The monoisotopic (exact) mass is 361 g/mol. The van der Waals surface area contributed by atoms with Gasteiger partial charge in [0.05, 0.1) is 0 Å². The number of likely N-dealkylation sites (tertiary alicyclic amines) is 1. The second-order valence-corrected chi connectivity index (χ2v) is 5.81. The molecule has 1 aromatic carbocycles. The largest absolute Gasteiger partial charge is 0.341 e. The number of hydrogen-bond acceptors (Lipinski definition) is 3. The lowest BCUT2D eigenvalue weighted by molar-refractivity contribution is -0.131. The molecule has 23 heavy (non-hydrogen) atoms. The average molecular weight is 362 g/mol. The summed E-state index contributed by atoms with van der Waals surface area (Å²) >= 11 is 0. The molecule has 1 saturated heterocycles. The maximum absolute atomic E-state index is 12.5. The summed E-state index contributed by atoms with van der Waals surface area (Å²) in [5.74, 6) is 0.639. The quantitative estimate of drug-likeness (QED) is 0.847. The topological polar surface area (TPSA) is 49.6 Å². The molecular formula is C17H29Cl2N3O. The Bertz CT molecular complexity index is 454. The SMILES string of the molecule is CCN(CC)CC1CCN(C(=O)C(N)c2ccccc2)C1.Cl.Cl. The molecule has 2 N–H and O–H groups in total. The van der Waals surface area contributed by atoms with Crippen LogP contribution in [0.2, 0.25) is 0 Å². The van der Waals surface area contributed by atoms with Crippen LogP contribution < -0.4 is 5.73 Å². The summed E-state index contributed by atoms with van der Waals surface area (Å²) in [6.07, 6.45) is 1.09. The molecule has 0 saturated carbocycles. The van der Waals surface area contributed by atoms with Crippen molar-refractivity contribution in [2.45, 2.75) is 26.3 Å². The number of benzene rings is 1. The molecular weight excluding hydrogens is 333 g/mol. The van der Waals surface area contributed by atoms with Crippen molar-refractivity contribution < 1.29 is 4.79 Å². The van der Waals surface area contributed by atoms with Crippen molar-refractivity contribution in [3.63, 3.8) is 0 Å². The van der Waals surface area contributed by atoms with Crippen LogP contribution in [0.15, 0.2) is 30.3 Å². The predicted octanol–water partition coefficient (Wildman–Crippen LogP) is 2.72. The number of rotatable bonds is 6. The van der Waals surface area contributed by atoms with E-state index < -0.39 is 6.04 Å². The number of hydrogen-bond donors (Lipinski definition) is 1. The Morgan fingerprint density at radius 3 is 2.43 bits per heavy atom. The third-order valence-electron chi connectivity index (χ3n) is 4.43. The van der Waals surface area contributed by atoms with E-state index in [9.17, 15) is 4.79 Å². The first-order chi connectivity index (χ1) is 10.2. The van der Waals surface area contributed by atoms with Crippen LogP contribution in [0.25, 0.3) is 0 Å². The Balaban J connectivity index is 0.00000242. The Labute approximate surface area is 152 Å². The fourth-order valence-electron chi connectivity index (χ4n) is 3.03. The van der Waals surface area contributed by atoms with E-state index in [-0.39, 0.29) is 30.7 Å². The molecule has 4 nitrogen and oxygen atoms in total. The molecule has 2 rings (SSSR count). The van der Waals surface area contributed by atoms with Gasteiger partial charge in [0, 0.05) is 19.6 Å². The predicted molar refractivity (Wildman–Crippen MR) is 100 cm³/mol. The van der Waals surface area contributed by atoms with E-state index in [1.54, 1.807) is 0 Å². The first-order valence-corrected chi connectivity index (χ1v) is 7.97. The number of amides is 1. The molecule has 1 aliphatic rings. The lowest BCUT2D eigenvalue weighted by Crippen LogP contribution is -2.38. The summed E-state index contributed by atoms with van der Waals surface area (Å²) in [5, 5.41) is 0. The summed E-state index contributed by atoms with van der Waals surface area (Å²) < 4.78 is 0. The standard InChI is InChI=1S/C17H27N3O.2ClH/c1-3-19(4-2)12-14-10-11-20(13-14)17(21)16(18)15-8-6-5-7-9-15;;/h5-9,14,16H,3-4,10-13,18H2,1-2H3;2*1H. The van der Waals surface area contributed by atoms with Crippen molar-refractivity contribution in [2.75, 3.05) is 32.7 Å². The maximum Gasteiger partial charge on any atom is 0.244 e. The Morgan fingerprint density at radius 1 is 1.26 bits per heavy atom. The lowest BCUT2D eigenvalue weighted by Gasteiger charge is -2.24. The van der Waals surface area contributed by atoms with Gasteiger partial charge in [-0.3, -0.25) is 4.79 Å². The number of nitrogens with two attached hydrogens (primary N) is 1. The van der Waals surface area contributed by atoms with Gasteiger partial charge >= 0.3 is 0 Å². The molecule has 1 fully saturated rings. The van der Waals surface area contributed by atoms with Crippen molar-refractivity contribution in [3.05, 3.63) is 35.9 Å². The van der Waals surface area contributed by atoms with Crippen LogP contribution in [-0.4, -0.2) is 48.4 Å². The summed E-state index contributed by atoms with van der Waals surface area (Å²) in [4.78, 5) is 16.9. The molecule has 2 unspecified atom stereocenters. The zero-order chi connectivity index (χ0) is 15.2. The van der Waals surface area contributed by atoms with Gasteiger partial charge in [0.25, 0.3) is 0 Å². The van der Waals surface area contributed by atoms with E-state index in [1.807, 2.05) is 35.2 Å². The molecule has 1 aliphatic heterocycles. The zero-order valence-corrected chi connectivity index (χ0v) is 15.6. The summed E-state index contributed by atoms with van der Waals surface area (Å²) in [6, 6.07) is 9.11. The third-order valence-corrected chi connectivity index (χ3v) is 4.43. The number of carbonyl (C=O) groups excluding carboxylic acids is 1. The highest BCUT2D eigenvalue weighted by atomic mass is 35.5. The first kappa shape index (κ1) is 22.2. The van der Waals surface area contributed by atoms with Crippen molar-refractivity contribution in [1.29, 1.82) is 0 Å². The average Bonchev–Trinajstić information content (AvgIpc) is 3.00. The van der Waals surface area contributed by atoms with E-state index in [2.05, 4.69) is 18.7 Å². The second-order valence-electron chi connectivity index (χ2n) is 5.81. The lowest BCUT2D eigenvalue weighted by atomic mass is 10.1. The van der Waals surface area contributed by atoms with Gasteiger partial charge in [-0.2, -0.15) is 0 Å². The van der Waals surface area contributed by atoms with Gasteiger partial charge in [-0.25, -0.2) is 0 Å². The minimum Gasteiger partial charge on any atom is -0.341 e. The molecule has 1 heterocycles. The van der Waals surface area contributed by atoms with Gasteiger partial charge in [-0.05, 0) is 31.0 Å². The number of carbonyl (C=O) groups is 1. The molecule has 1 amide bonds. The van der Waals surface area contributed by atoms with E-state index in [0.29, 0.717) is 5.92 Å². The molecule has 0 aliphatic carbocycles. The van der Waals surface area contributed by atoms with Gasteiger partial charge in [0.15, 0.2) is 0 Å². The van der Waals surface area contributed by atoms with Crippen molar-refractivity contribution >= 4 is 30.7 Å². The molecule has 2 atom stereocenters. The second kappa shape index (κ2) is 10.9. The Hall–Kier alpha value is -0.810. The molecule has 0 radical (unpaired) electrons. The minimum absolute atomic E-state index is 0. The minimum atomic E-state index is -0.529. The molecule has 0 bridgehead atoms. The van der Waals surface area contributed by atoms with E-state index >= 15 is 0 Å². The fraction of sp³-hybridized carbons (Fsp3) is 0.588. The molecule has 0 aromatic heterocycles. The zero-order valence-electron chi connectivity index (χ0n) is 14.0.